The quantitative estimate of drug-likeness (QED) is 0.168. The molecule has 0 aliphatic carbocycles. The molecule has 9 aromatic rings. The molecule has 0 fully saturated rings. The van der Waals surface area contributed by atoms with Crippen LogP contribution in [-0.4, -0.2) is 9.97 Å². The van der Waals surface area contributed by atoms with Crippen LogP contribution in [0.3, 0.4) is 0 Å². The molecule has 5 heterocycles. The summed E-state index contributed by atoms with van der Waals surface area (Å²) in [6.07, 6.45) is 0. The van der Waals surface area contributed by atoms with Crippen molar-refractivity contribution in [3.8, 4) is 0 Å². The molecule has 7 nitrogen and oxygen atoms in total. The highest BCUT2D eigenvalue weighted by molar-refractivity contribution is 6.03. The summed E-state index contributed by atoms with van der Waals surface area (Å²) in [4.78, 5) is 39.7. The fourth-order valence-electron chi connectivity index (χ4n) is 8.92. The fourth-order valence-corrected chi connectivity index (χ4v) is 8.92. The second-order valence-electron chi connectivity index (χ2n) is 14.8. The third-order valence-corrected chi connectivity index (χ3v) is 11.1. The lowest BCUT2D eigenvalue weighted by Crippen LogP contribution is -2.39. The van der Waals surface area contributed by atoms with E-state index in [1.165, 1.54) is 16.7 Å². The van der Waals surface area contributed by atoms with Gasteiger partial charge in [-0.3, -0.25) is 0 Å². The minimum absolute atomic E-state index is 0.402. The Labute approximate surface area is 316 Å². The van der Waals surface area contributed by atoms with Crippen molar-refractivity contribution in [2.24, 2.45) is 0 Å². The zero-order valence-corrected chi connectivity index (χ0v) is 31.0. The van der Waals surface area contributed by atoms with Crippen LogP contribution in [0.2, 0.25) is 0 Å². The van der Waals surface area contributed by atoms with Crippen LogP contribution in [0.25, 0.3) is 43.7 Å². The van der Waals surface area contributed by atoms with E-state index in [1.807, 2.05) is 60.7 Å². The van der Waals surface area contributed by atoms with Gasteiger partial charge in [-0.05, 0) is 105 Å². The highest BCUT2D eigenvalue weighted by Gasteiger charge is 2.49. The summed E-state index contributed by atoms with van der Waals surface area (Å²) in [5.74, 6) is 0. The molecule has 0 saturated carbocycles. The molecule has 1 aliphatic heterocycles. The van der Waals surface area contributed by atoms with Gasteiger partial charge in [0, 0.05) is 10.8 Å². The van der Waals surface area contributed by atoms with Gasteiger partial charge in [-0.2, -0.15) is 0 Å². The van der Waals surface area contributed by atoms with E-state index in [-0.39, 0.29) is 0 Å². The highest BCUT2D eigenvalue weighted by atomic mass is 16.4. The largest absolute Gasteiger partial charge is 0.421 e. The van der Waals surface area contributed by atoms with E-state index in [1.54, 1.807) is 12.1 Å². The topological polar surface area (TPSA) is 89.4 Å². The zero-order chi connectivity index (χ0) is 37.7. The first-order chi connectivity index (χ1) is 26.6. The van der Waals surface area contributed by atoms with E-state index < -0.39 is 16.7 Å². The predicted molar refractivity (Wildman–Crippen MR) is 219 cm³/mol. The highest BCUT2D eigenvalue weighted by Crippen LogP contribution is 2.58. The molecule has 0 amide bonds. The third kappa shape index (κ3) is 4.69. The zero-order valence-electron chi connectivity index (χ0n) is 31.0. The molecule has 0 radical (unpaired) electrons. The molecule has 7 heteroatoms. The molecule has 1 aliphatic rings. The van der Waals surface area contributed by atoms with E-state index in [9.17, 15) is 9.59 Å². The molecule has 55 heavy (non-hydrogen) atoms. The number of anilines is 3. The molecular weight excluding hydrogens is 683 g/mol. The molecule has 0 saturated heterocycles. The lowest BCUT2D eigenvalue weighted by atomic mass is 9.65. The van der Waals surface area contributed by atoms with Gasteiger partial charge in [0.05, 0.1) is 39.2 Å². The van der Waals surface area contributed by atoms with E-state index in [0.29, 0.717) is 55.1 Å². The molecule has 0 bridgehead atoms. The maximum Gasteiger partial charge on any atom is 0.344 e. The Hall–Kier alpha value is -6.86. The first-order valence-electron chi connectivity index (χ1n) is 18.4. The van der Waals surface area contributed by atoms with Gasteiger partial charge >= 0.3 is 11.3 Å². The molecule has 0 spiro atoms. The van der Waals surface area contributed by atoms with Crippen LogP contribution in [0.1, 0.15) is 50.3 Å². The van der Waals surface area contributed by atoms with Crippen LogP contribution in [0, 0.1) is 34.6 Å². The van der Waals surface area contributed by atoms with Crippen LogP contribution in [0.15, 0.2) is 140 Å². The first kappa shape index (κ1) is 32.8. The van der Waals surface area contributed by atoms with Crippen LogP contribution < -0.4 is 16.2 Å². The molecular formula is C48H35N3O4. The van der Waals surface area contributed by atoms with Gasteiger partial charge in [0.1, 0.15) is 16.4 Å². The number of aromatic nitrogens is 2. The summed E-state index contributed by atoms with van der Waals surface area (Å²) in [6, 6.07) is 40.2. The molecule has 266 valence electrons. The SMILES string of the molecule is Cc1cc(C)c(N2c3ccc(C)cc3C(c3ccc4oc(=O)c5ccccc5c4n3)(c3ccc4oc(=O)c5ccccc5c4n3)c3cc(C)ccc32)c(C)c1. The monoisotopic (exact) mass is 717 g/mol. The van der Waals surface area contributed by atoms with Crippen molar-refractivity contribution in [1.82, 2.24) is 9.97 Å². The predicted octanol–water partition coefficient (Wildman–Crippen LogP) is 10.7. The molecule has 0 atom stereocenters. The average molecular weight is 718 g/mol. The van der Waals surface area contributed by atoms with Crippen LogP contribution in [-0.2, 0) is 5.41 Å². The Morgan fingerprint density at radius 1 is 0.491 bits per heavy atom. The van der Waals surface area contributed by atoms with Crippen molar-refractivity contribution in [3.63, 3.8) is 0 Å². The van der Waals surface area contributed by atoms with Crippen molar-refractivity contribution < 1.29 is 8.83 Å². The summed E-state index contributed by atoms with van der Waals surface area (Å²) in [5.41, 5.74) is 12.3. The minimum Gasteiger partial charge on any atom is -0.421 e. The van der Waals surface area contributed by atoms with Gasteiger partial charge in [0.15, 0.2) is 11.2 Å². The lowest BCUT2D eigenvalue weighted by molar-refractivity contribution is 0.566. The summed E-state index contributed by atoms with van der Waals surface area (Å²) in [5, 5.41) is 2.35. The number of pyridine rings is 2. The molecule has 4 aromatic heterocycles. The van der Waals surface area contributed by atoms with E-state index in [0.717, 1.165) is 39.3 Å². The smallest absolute Gasteiger partial charge is 0.344 e. The number of aryl methyl sites for hydroxylation is 5. The minimum atomic E-state index is -1.09. The summed E-state index contributed by atoms with van der Waals surface area (Å²) >= 11 is 0. The number of nitrogens with zero attached hydrogens (tertiary/aromatic N) is 3. The van der Waals surface area contributed by atoms with Crippen molar-refractivity contribution in [3.05, 3.63) is 192 Å². The Morgan fingerprint density at radius 2 is 0.927 bits per heavy atom. The average Bonchev–Trinajstić information content (AvgIpc) is 3.17. The Morgan fingerprint density at radius 3 is 1.38 bits per heavy atom. The number of hydrogen-bond donors (Lipinski definition) is 0. The summed E-state index contributed by atoms with van der Waals surface area (Å²) in [6.45, 7) is 10.7. The van der Waals surface area contributed by atoms with E-state index >= 15 is 0 Å². The molecule has 0 N–H and O–H groups in total. The Kier molecular flexibility index (Phi) is 7.04. The summed E-state index contributed by atoms with van der Waals surface area (Å²) < 4.78 is 11.8. The lowest BCUT2D eigenvalue weighted by Gasteiger charge is -2.46. The van der Waals surface area contributed by atoms with Gasteiger partial charge in [-0.1, -0.05) is 89.5 Å². The van der Waals surface area contributed by atoms with Crippen molar-refractivity contribution in [1.29, 1.82) is 0 Å². The number of fused-ring (bicyclic) bond motifs is 8. The second kappa shape index (κ2) is 11.8. The number of benzene rings is 5. The van der Waals surface area contributed by atoms with Crippen molar-refractivity contribution in [2.75, 3.05) is 4.90 Å². The second-order valence-corrected chi connectivity index (χ2v) is 14.8. The van der Waals surface area contributed by atoms with Gasteiger partial charge in [-0.25, -0.2) is 19.6 Å². The van der Waals surface area contributed by atoms with Crippen LogP contribution >= 0.6 is 0 Å². The van der Waals surface area contributed by atoms with Crippen LogP contribution in [0.5, 0.6) is 0 Å². The Balaban J connectivity index is 1.42. The van der Waals surface area contributed by atoms with Gasteiger partial charge in [-0.15, -0.1) is 0 Å². The van der Waals surface area contributed by atoms with Crippen LogP contribution in [0.4, 0.5) is 17.1 Å². The van der Waals surface area contributed by atoms with E-state index in [4.69, 9.17) is 18.8 Å². The molecule has 0 unspecified atom stereocenters. The van der Waals surface area contributed by atoms with Gasteiger partial charge in [0.2, 0.25) is 0 Å². The maximum absolute atomic E-state index is 13.1. The number of hydrogen-bond acceptors (Lipinski definition) is 7. The van der Waals surface area contributed by atoms with Gasteiger partial charge in [0.25, 0.3) is 0 Å². The van der Waals surface area contributed by atoms with Crippen molar-refractivity contribution >= 4 is 60.8 Å². The van der Waals surface area contributed by atoms with Crippen molar-refractivity contribution in [2.45, 2.75) is 40.0 Å². The normalized spacial score (nSPS) is 13.4. The Bertz CT molecular complexity index is 3020. The molecule has 10 rings (SSSR count). The maximum atomic E-state index is 13.1. The first-order valence-corrected chi connectivity index (χ1v) is 18.4. The standard InChI is InChI=1S/C48H35N3O4/c1-26-14-16-37-35(24-26)48(41-20-18-39-43(49-41)31-10-6-8-12-33(31)46(52)54-39,42-21-19-40-44(50-42)32-11-7-9-13-34(32)47(53)55-40)36-25-27(2)15-17-38(36)51(37)45-29(4)22-28(3)23-30(45)5/h6-25H,1-5H3. The molecule has 5 aromatic carbocycles. The number of rotatable bonds is 3. The third-order valence-electron chi connectivity index (χ3n) is 11.1. The summed E-state index contributed by atoms with van der Waals surface area (Å²) in [7, 11) is 0. The van der Waals surface area contributed by atoms with Gasteiger partial charge < -0.3 is 13.7 Å². The fraction of sp³-hybridized carbons (Fsp3) is 0.125. The van der Waals surface area contributed by atoms with E-state index in [2.05, 4.69) is 88.0 Å².